The van der Waals surface area contributed by atoms with Crippen LogP contribution in [0.2, 0.25) is 0 Å². The highest BCUT2D eigenvalue weighted by molar-refractivity contribution is 7.81. The Morgan fingerprint density at radius 2 is 1.86 bits per heavy atom. The van der Waals surface area contributed by atoms with E-state index in [1.54, 1.807) is 0 Å². The van der Waals surface area contributed by atoms with Crippen LogP contribution in [0.5, 0.6) is 0 Å². The highest BCUT2D eigenvalue weighted by Crippen LogP contribution is 2.30. The molecule has 1 rings (SSSR count). The maximum absolute atomic E-state index is 10.4. The molecule has 0 bridgehead atoms. The minimum absolute atomic E-state index is 0.258. The van der Waals surface area contributed by atoms with Gasteiger partial charge in [0.05, 0.1) is 0 Å². The summed E-state index contributed by atoms with van der Waals surface area (Å²) >= 11 is 4.21. The van der Waals surface area contributed by atoms with Gasteiger partial charge in [-0.2, -0.15) is 0 Å². The fraction of sp³-hybridized carbons (Fsp3) is 0.857. The van der Waals surface area contributed by atoms with Crippen LogP contribution in [0.1, 0.15) is 32.1 Å². The minimum Gasteiger partial charge on any atom is -0.370 e. The molecule has 0 aliphatic carbocycles. The SMILES string of the molecule is NC(=O)CCCCCC1(S)N=NN=N1. The number of nitrogens with two attached hydrogens (primary N) is 1. The fourth-order valence-corrected chi connectivity index (χ4v) is 1.38. The van der Waals surface area contributed by atoms with E-state index in [1.807, 2.05) is 0 Å². The van der Waals surface area contributed by atoms with Gasteiger partial charge in [-0.3, -0.25) is 4.79 Å². The number of thiol groups is 1. The Hall–Kier alpha value is -0.980. The minimum atomic E-state index is -0.771. The van der Waals surface area contributed by atoms with Gasteiger partial charge in [0.15, 0.2) is 0 Å². The van der Waals surface area contributed by atoms with Crippen molar-refractivity contribution in [2.75, 3.05) is 0 Å². The molecule has 6 nitrogen and oxygen atoms in total. The second kappa shape index (κ2) is 5.04. The molecular formula is C7H13N5OS. The van der Waals surface area contributed by atoms with E-state index >= 15 is 0 Å². The number of amides is 1. The average Bonchev–Trinajstić information content (AvgIpc) is 2.51. The molecule has 1 heterocycles. The molecule has 0 fully saturated rings. The van der Waals surface area contributed by atoms with Crippen molar-refractivity contribution < 1.29 is 4.79 Å². The van der Waals surface area contributed by atoms with Crippen molar-refractivity contribution in [2.24, 2.45) is 26.4 Å². The van der Waals surface area contributed by atoms with Crippen molar-refractivity contribution >= 4 is 18.5 Å². The number of primary amides is 1. The summed E-state index contributed by atoms with van der Waals surface area (Å²) in [5.41, 5.74) is 5.00. The Morgan fingerprint density at radius 1 is 1.21 bits per heavy atom. The molecule has 0 saturated carbocycles. The number of hydrogen-bond acceptors (Lipinski definition) is 6. The van der Waals surface area contributed by atoms with Crippen LogP contribution in [0.4, 0.5) is 0 Å². The van der Waals surface area contributed by atoms with Gasteiger partial charge in [-0.25, -0.2) is 0 Å². The predicted molar refractivity (Wildman–Crippen MR) is 53.7 cm³/mol. The third-order valence-electron chi connectivity index (χ3n) is 1.89. The molecule has 0 aromatic rings. The summed E-state index contributed by atoms with van der Waals surface area (Å²) in [4.78, 5) is 9.65. The van der Waals surface area contributed by atoms with Gasteiger partial charge in [0.1, 0.15) is 0 Å². The van der Waals surface area contributed by atoms with E-state index in [-0.39, 0.29) is 5.91 Å². The summed E-state index contributed by atoms with van der Waals surface area (Å²) in [6.45, 7) is 0. The summed E-state index contributed by atoms with van der Waals surface area (Å²) in [5.74, 6) is -0.258. The zero-order valence-electron chi connectivity index (χ0n) is 7.76. The zero-order chi connectivity index (χ0) is 10.4. The number of carbonyl (C=O) groups excluding carboxylic acids is 1. The first kappa shape index (κ1) is 11.1. The third kappa shape index (κ3) is 3.82. The Bertz CT molecular complexity index is 253. The molecule has 1 aliphatic heterocycles. The van der Waals surface area contributed by atoms with Crippen LogP contribution in [0.15, 0.2) is 20.7 Å². The normalized spacial score (nSPS) is 17.5. The van der Waals surface area contributed by atoms with Crippen LogP contribution < -0.4 is 5.73 Å². The number of unbranched alkanes of at least 4 members (excludes halogenated alkanes) is 2. The molecule has 1 amide bonds. The van der Waals surface area contributed by atoms with E-state index in [1.165, 1.54) is 0 Å². The molecule has 1 aliphatic rings. The van der Waals surface area contributed by atoms with Gasteiger partial charge in [0, 0.05) is 12.8 Å². The maximum atomic E-state index is 10.4. The number of nitrogens with zero attached hydrogens (tertiary/aromatic N) is 4. The van der Waals surface area contributed by atoms with Crippen molar-refractivity contribution in [1.82, 2.24) is 0 Å². The average molecular weight is 215 g/mol. The molecule has 0 atom stereocenters. The Labute approximate surface area is 87.4 Å². The van der Waals surface area contributed by atoms with E-state index in [0.29, 0.717) is 12.8 Å². The molecule has 0 unspecified atom stereocenters. The summed E-state index contributed by atoms with van der Waals surface area (Å²) in [7, 11) is 0. The van der Waals surface area contributed by atoms with Gasteiger partial charge in [-0.15, -0.1) is 22.9 Å². The molecule has 0 aromatic heterocycles. The first-order valence-corrected chi connectivity index (χ1v) is 4.92. The summed E-state index contributed by atoms with van der Waals surface area (Å²) < 4.78 is 0. The second-order valence-corrected chi connectivity index (χ2v) is 3.90. The van der Waals surface area contributed by atoms with Crippen molar-refractivity contribution in [2.45, 2.75) is 37.1 Å². The summed E-state index contributed by atoms with van der Waals surface area (Å²) in [6, 6.07) is 0. The Balaban J connectivity index is 2.07. The standard InChI is InChI=1S/C7H13N5OS/c8-6(13)4-2-1-3-5-7(14)9-11-12-10-7/h14H,1-5H2,(H2,8,13). The first-order valence-electron chi connectivity index (χ1n) is 4.47. The van der Waals surface area contributed by atoms with Crippen LogP contribution in [0, 0.1) is 0 Å². The van der Waals surface area contributed by atoms with E-state index in [0.717, 1.165) is 19.3 Å². The van der Waals surface area contributed by atoms with Gasteiger partial charge in [-0.1, -0.05) is 6.42 Å². The molecule has 0 saturated heterocycles. The molecule has 78 valence electrons. The van der Waals surface area contributed by atoms with Crippen LogP contribution in [0.25, 0.3) is 0 Å². The van der Waals surface area contributed by atoms with Gasteiger partial charge in [-0.05, 0) is 23.3 Å². The zero-order valence-corrected chi connectivity index (χ0v) is 8.65. The lowest BCUT2D eigenvalue weighted by atomic mass is 10.1. The quantitative estimate of drug-likeness (QED) is 0.513. The number of carbonyl (C=O) groups is 1. The van der Waals surface area contributed by atoms with Gasteiger partial charge >= 0.3 is 0 Å². The lowest BCUT2D eigenvalue weighted by molar-refractivity contribution is -0.118. The monoisotopic (exact) mass is 215 g/mol. The van der Waals surface area contributed by atoms with E-state index < -0.39 is 4.99 Å². The lowest BCUT2D eigenvalue weighted by Gasteiger charge is -2.11. The molecule has 14 heavy (non-hydrogen) atoms. The lowest BCUT2D eigenvalue weighted by Crippen LogP contribution is -2.12. The van der Waals surface area contributed by atoms with E-state index in [4.69, 9.17) is 5.73 Å². The van der Waals surface area contributed by atoms with Crippen LogP contribution >= 0.6 is 12.6 Å². The highest BCUT2D eigenvalue weighted by atomic mass is 32.1. The van der Waals surface area contributed by atoms with Crippen molar-refractivity contribution in [3.05, 3.63) is 0 Å². The molecule has 7 heteroatoms. The second-order valence-electron chi connectivity index (χ2n) is 3.18. The molecule has 0 radical (unpaired) electrons. The van der Waals surface area contributed by atoms with Gasteiger partial charge < -0.3 is 5.73 Å². The van der Waals surface area contributed by atoms with Crippen molar-refractivity contribution in [3.63, 3.8) is 0 Å². The first-order chi connectivity index (χ1) is 6.62. The van der Waals surface area contributed by atoms with Gasteiger partial charge in [0.25, 0.3) is 0 Å². The van der Waals surface area contributed by atoms with Crippen LogP contribution in [-0.2, 0) is 4.79 Å². The smallest absolute Gasteiger partial charge is 0.237 e. The Morgan fingerprint density at radius 3 is 2.43 bits per heavy atom. The Kier molecular flexibility index (Phi) is 3.99. The number of hydrogen-bond donors (Lipinski definition) is 2. The third-order valence-corrected chi connectivity index (χ3v) is 2.29. The largest absolute Gasteiger partial charge is 0.370 e. The predicted octanol–water partition coefficient (Wildman–Crippen LogP) is 1.84. The molecular weight excluding hydrogens is 202 g/mol. The van der Waals surface area contributed by atoms with Crippen LogP contribution in [-0.4, -0.2) is 10.9 Å². The molecule has 2 N–H and O–H groups in total. The maximum Gasteiger partial charge on any atom is 0.237 e. The molecule has 0 aromatic carbocycles. The number of rotatable bonds is 6. The van der Waals surface area contributed by atoms with Gasteiger partial charge in [0.2, 0.25) is 10.9 Å². The highest BCUT2D eigenvalue weighted by Gasteiger charge is 2.26. The van der Waals surface area contributed by atoms with E-state index in [9.17, 15) is 4.79 Å². The molecule has 0 spiro atoms. The topological polar surface area (TPSA) is 92.5 Å². The fourth-order valence-electron chi connectivity index (χ4n) is 1.14. The van der Waals surface area contributed by atoms with Crippen molar-refractivity contribution in [3.8, 4) is 0 Å². The van der Waals surface area contributed by atoms with Crippen LogP contribution in [0.3, 0.4) is 0 Å². The van der Waals surface area contributed by atoms with Crippen molar-refractivity contribution in [1.29, 1.82) is 0 Å². The summed E-state index contributed by atoms with van der Waals surface area (Å²) in [6.07, 6.45) is 3.71. The van der Waals surface area contributed by atoms with E-state index in [2.05, 4.69) is 33.3 Å². The summed E-state index contributed by atoms with van der Waals surface area (Å²) in [5, 5.41) is 14.3.